The van der Waals surface area contributed by atoms with E-state index in [9.17, 15) is 0 Å². The van der Waals surface area contributed by atoms with Crippen LogP contribution in [-0.4, -0.2) is 0 Å². The van der Waals surface area contributed by atoms with Crippen LogP contribution in [0.15, 0.2) is 48.6 Å². The van der Waals surface area contributed by atoms with E-state index in [-0.39, 0.29) is 17.1 Å². The Balaban J connectivity index is -0.000000156. The topological polar surface area (TPSA) is 39.8 Å². The molecule has 0 aliphatic heterocycles. The van der Waals surface area contributed by atoms with Crippen LogP contribution >= 0.6 is 0 Å². The van der Waals surface area contributed by atoms with Crippen LogP contribution in [-0.2, 0) is 26.4 Å². The second-order valence-electron chi connectivity index (χ2n) is 2.56. The molecule has 1 aromatic rings. The third kappa shape index (κ3) is 18.7. The van der Waals surface area contributed by atoms with Gasteiger partial charge in [-0.25, -0.2) is 0 Å². The van der Waals surface area contributed by atoms with Gasteiger partial charge in [-0.15, -0.1) is 0 Å². The zero-order valence-electron chi connectivity index (χ0n) is 8.93. The largest absolute Gasteiger partial charge is 0.0623 e. The van der Waals surface area contributed by atoms with Gasteiger partial charge < -0.3 is 0 Å². The van der Waals surface area contributed by atoms with E-state index < -0.39 is 0 Å². The van der Waals surface area contributed by atoms with Gasteiger partial charge in [-0.3, -0.25) is 0 Å². The molecule has 0 heterocycles. The summed E-state index contributed by atoms with van der Waals surface area (Å²) in [5.74, 6) is 0. The summed E-state index contributed by atoms with van der Waals surface area (Å²) in [6, 6.07) is 12.0. The average Bonchev–Trinajstić information content (AvgIpc) is 2.95. The molecule has 16 heavy (non-hydrogen) atoms. The molecule has 1 aliphatic carbocycles. The molecule has 0 aromatic heterocycles. The van der Waals surface area contributed by atoms with Crippen molar-refractivity contribution in [1.82, 2.24) is 0 Å². The minimum Gasteiger partial charge on any atom is -0.0623 e. The van der Waals surface area contributed by atoms with Crippen molar-refractivity contribution in [3.05, 3.63) is 61.9 Å². The van der Waals surface area contributed by atoms with Gasteiger partial charge in [0.25, 0.3) is 0 Å². The van der Waals surface area contributed by atoms with Crippen LogP contribution < -0.4 is 0 Å². The van der Waals surface area contributed by atoms with E-state index >= 15 is 0 Å². The molecule has 1 aliphatic rings. The van der Waals surface area contributed by atoms with Crippen molar-refractivity contribution >= 4 is 0 Å². The van der Waals surface area contributed by atoms with Crippen LogP contribution in [0.25, 0.3) is 0 Å². The maximum atomic E-state index is 7.50. The van der Waals surface area contributed by atoms with Gasteiger partial charge in [-0.1, -0.05) is 48.6 Å². The molecule has 0 fully saturated rings. The Labute approximate surface area is 108 Å². The summed E-state index contributed by atoms with van der Waals surface area (Å²) in [6.45, 7) is 9.00. The maximum absolute atomic E-state index is 7.50. The van der Waals surface area contributed by atoms with Gasteiger partial charge in [0.05, 0.1) is 0 Å². The molecule has 1 radical (unpaired) electrons. The SMILES string of the molecule is C1=CCCC1.[C-]#[O+].[C-]#[O+].[Mn].c1ccccc1. The summed E-state index contributed by atoms with van der Waals surface area (Å²) in [6.07, 6.45) is 8.50. The van der Waals surface area contributed by atoms with Crippen molar-refractivity contribution in [3.8, 4) is 0 Å². The van der Waals surface area contributed by atoms with Gasteiger partial charge in [0.1, 0.15) is 0 Å². The predicted octanol–water partition coefficient (Wildman–Crippen LogP) is 3.34. The molecular weight excluding hydrogens is 243 g/mol. The Bertz CT molecular complexity index is 226. The van der Waals surface area contributed by atoms with E-state index in [4.69, 9.17) is 9.30 Å². The van der Waals surface area contributed by atoms with E-state index in [1.807, 2.05) is 36.4 Å². The minimum atomic E-state index is 0. The molecule has 0 saturated heterocycles. The van der Waals surface area contributed by atoms with Crippen LogP contribution in [0.4, 0.5) is 0 Å². The Kier molecular flexibility index (Phi) is 30.1. The van der Waals surface area contributed by atoms with Crippen molar-refractivity contribution < 1.29 is 26.4 Å². The molecule has 0 N–H and O–H groups in total. The van der Waals surface area contributed by atoms with Crippen molar-refractivity contribution in [3.63, 3.8) is 0 Å². The van der Waals surface area contributed by atoms with Gasteiger partial charge in [-0.05, 0) is 19.3 Å². The molecule has 3 heteroatoms. The van der Waals surface area contributed by atoms with Crippen LogP contribution in [0.2, 0.25) is 0 Å². The molecule has 2 nitrogen and oxygen atoms in total. The van der Waals surface area contributed by atoms with Crippen molar-refractivity contribution in [2.75, 3.05) is 0 Å². The molecule has 0 unspecified atom stereocenters. The van der Waals surface area contributed by atoms with Crippen LogP contribution in [0.1, 0.15) is 19.3 Å². The zero-order valence-corrected chi connectivity index (χ0v) is 10.1. The van der Waals surface area contributed by atoms with Gasteiger partial charge >= 0.3 is 22.6 Å². The fourth-order valence-electron chi connectivity index (χ4n) is 0.974. The normalized spacial score (nSPS) is 9.75. The third-order valence-corrected chi connectivity index (χ3v) is 1.57. The van der Waals surface area contributed by atoms with Crippen molar-refractivity contribution in [1.29, 1.82) is 0 Å². The number of allylic oxidation sites excluding steroid dienone is 2. The first-order valence-electron chi connectivity index (χ1n) is 4.56. The Hall–Kier alpha value is -1.04. The molecule has 1 aromatic carbocycles. The first kappa shape index (κ1) is 20.4. The van der Waals surface area contributed by atoms with Gasteiger partial charge in [0.15, 0.2) is 0 Å². The summed E-state index contributed by atoms with van der Waals surface area (Å²) in [7, 11) is 0. The maximum Gasteiger partial charge on any atom is 0 e. The van der Waals surface area contributed by atoms with Gasteiger partial charge in [0.2, 0.25) is 0 Å². The fraction of sp³-hybridized carbons (Fsp3) is 0.231. The smallest absolute Gasteiger partial charge is 0 e. The van der Waals surface area contributed by atoms with E-state index in [1.165, 1.54) is 19.3 Å². The Morgan fingerprint density at radius 2 is 0.875 bits per heavy atom. The summed E-state index contributed by atoms with van der Waals surface area (Å²) in [4.78, 5) is 0. The van der Waals surface area contributed by atoms with Crippen LogP contribution in [0.3, 0.4) is 0 Å². The minimum absolute atomic E-state index is 0. The molecule has 0 amide bonds. The molecule has 0 atom stereocenters. The molecule has 0 bridgehead atoms. The average molecular weight is 257 g/mol. The third-order valence-electron chi connectivity index (χ3n) is 1.57. The second-order valence-corrected chi connectivity index (χ2v) is 2.56. The fourth-order valence-corrected chi connectivity index (χ4v) is 0.974. The number of hydrogen-bond acceptors (Lipinski definition) is 0. The van der Waals surface area contributed by atoms with E-state index in [0.717, 1.165) is 0 Å². The Morgan fingerprint density at radius 3 is 1.00 bits per heavy atom. The molecular formula is C13H14MnO2. The molecule has 0 saturated carbocycles. The number of rotatable bonds is 0. The van der Waals surface area contributed by atoms with E-state index in [2.05, 4.69) is 25.5 Å². The summed E-state index contributed by atoms with van der Waals surface area (Å²) in [5, 5.41) is 0. The number of benzene rings is 1. The zero-order chi connectivity index (χ0) is 11.8. The Morgan fingerprint density at radius 1 is 0.625 bits per heavy atom. The first-order chi connectivity index (χ1) is 7.50. The van der Waals surface area contributed by atoms with Crippen LogP contribution in [0, 0.1) is 13.3 Å². The second kappa shape index (κ2) is 23.6. The van der Waals surface area contributed by atoms with Crippen molar-refractivity contribution in [2.45, 2.75) is 19.3 Å². The van der Waals surface area contributed by atoms with E-state index in [0.29, 0.717) is 0 Å². The summed E-state index contributed by atoms with van der Waals surface area (Å²) < 4.78 is 15.0. The predicted molar refractivity (Wildman–Crippen MR) is 57.3 cm³/mol. The molecule has 85 valence electrons. The van der Waals surface area contributed by atoms with Gasteiger partial charge in [0, 0.05) is 17.1 Å². The number of hydrogen-bond donors (Lipinski definition) is 0. The summed E-state index contributed by atoms with van der Waals surface area (Å²) in [5.41, 5.74) is 0. The summed E-state index contributed by atoms with van der Waals surface area (Å²) >= 11 is 0. The molecule has 0 spiro atoms. The standard InChI is InChI=1S/C6H6.C5H8.2CO.Mn/c1-2-4-6-5-3-1;1-2-4-5-3-1;2*1-2;/h1-6H;1-2H,3-5H2;;;. The van der Waals surface area contributed by atoms with E-state index in [1.54, 1.807) is 0 Å². The van der Waals surface area contributed by atoms with Crippen molar-refractivity contribution in [2.24, 2.45) is 0 Å². The van der Waals surface area contributed by atoms with Gasteiger partial charge in [-0.2, -0.15) is 0 Å². The quantitative estimate of drug-likeness (QED) is 0.296. The monoisotopic (exact) mass is 257 g/mol. The van der Waals surface area contributed by atoms with Crippen LogP contribution in [0.5, 0.6) is 0 Å². The molecule has 2 rings (SSSR count). The first-order valence-corrected chi connectivity index (χ1v) is 4.56.